The minimum absolute atomic E-state index is 0.151. The quantitative estimate of drug-likeness (QED) is 0.755. The van der Waals surface area contributed by atoms with Crippen LogP contribution in [0.5, 0.6) is 0 Å². The second-order valence-corrected chi connectivity index (χ2v) is 5.63. The molecule has 0 saturated heterocycles. The van der Waals surface area contributed by atoms with Crippen molar-refractivity contribution in [1.29, 1.82) is 0 Å². The molecular weight excluding hydrogens is 320 g/mol. The van der Waals surface area contributed by atoms with Gasteiger partial charge in [0.25, 0.3) is 5.56 Å². The molecule has 0 saturated carbocycles. The Labute approximate surface area is 143 Å². The number of aromatic nitrogens is 3. The molecule has 0 bridgehead atoms. The van der Waals surface area contributed by atoms with Crippen LogP contribution in [0.1, 0.15) is 23.2 Å². The van der Waals surface area contributed by atoms with Crippen molar-refractivity contribution in [3.8, 4) is 0 Å². The molecule has 3 aromatic rings. The average Bonchev–Trinajstić information content (AvgIpc) is 3.13. The highest BCUT2D eigenvalue weighted by molar-refractivity contribution is 5.93. The minimum Gasteiger partial charge on any atom is -0.467 e. The molecule has 4 heterocycles. The number of anilines is 1. The smallest absolute Gasteiger partial charge is 0.257 e. The van der Waals surface area contributed by atoms with Crippen LogP contribution >= 0.6 is 0 Å². The number of furan rings is 1. The molecule has 1 unspecified atom stereocenters. The van der Waals surface area contributed by atoms with Crippen molar-refractivity contribution in [2.24, 2.45) is 4.99 Å². The van der Waals surface area contributed by atoms with Gasteiger partial charge in [-0.05, 0) is 25.1 Å². The number of aryl methyl sites for hydroxylation is 1. The van der Waals surface area contributed by atoms with E-state index in [1.54, 1.807) is 30.1 Å². The fourth-order valence-electron chi connectivity index (χ4n) is 2.69. The highest BCUT2D eigenvalue weighted by Crippen LogP contribution is 2.20. The van der Waals surface area contributed by atoms with Crippen LogP contribution in [0.25, 0.3) is 0 Å². The average molecular weight is 336 g/mol. The topological polar surface area (TPSA) is 97.3 Å². The third-order valence-electron chi connectivity index (χ3n) is 3.82. The molecule has 0 amide bonds. The number of pyridine rings is 1. The Bertz CT molecular complexity index is 963. The number of nitrogens with zero attached hydrogens (tertiary/aromatic N) is 4. The van der Waals surface area contributed by atoms with Gasteiger partial charge >= 0.3 is 0 Å². The van der Waals surface area contributed by atoms with Gasteiger partial charge in [-0.2, -0.15) is 0 Å². The molecule has 4 rings (SSSR count). The van der Waals surface area contributed by atoms with Gasteiger partial charge in [-0.15, -0.1) is 0 Å². The minimum atomic E-state index is -0.444. The first-order valence-electron chi connectivity index (χ1n) is 7.81. The van der Waals surface area contributed by atoms with Gasteiger partial charge in [0, 0.05) is 29.7 Å². The Morgan fingerprint density at radius 1 is 1.36 bits per heavy atom. The van der Waals surface area contributed by atoms with Gasteiger partial charge < -0.3 is 9.73 Å². The van der Waals surface area contributed by atoms with E-state index in [4.69, 9.17) is 4.42 Å². The first-order chi connectivity index (χ1) is 12.2. The van der Waals surface area contributed by atoms with Crippen LogP contribution in [0.3, 0.4) is 0 Å². The lowest BCUT2D eigenvalue weighted by Crippen LogP contribution is -2.48. The van der Waals surface area contributed by atoms with Gasteiger partial charge in [-0.25, -0.2) is 9.98 Å². The monoisotopic (exact) mass is 336 g/mol. The first kappa shape index (κ1) is 15.1. The number of hydrogen-bond donors (Lipinski definition) is 2. The largest absolute Gasteiger partial charge is 0.467 e. The molecule has 3 aromatic heterocycles. The Hall–Kier alpha value is -3.42. The molecule has 8 heteroatoms. The molecule has 0 spiro atoms. The van der Waals surface area contributed by atoms with Crippen LogP contribution in [0.2, 0.25) is 0 Å². The summed E-state index contributed by atoms with van der Waals surface area (Å²) in [7, 11) is 0. The molecule has 1 aliphatic rings. The lowest BCUT2D eigenvalue weighted by Gasteiger charge is -2.30. The molecule has 0 radical (unpaired) electrons. The van der Waals surface area contributed by atoms with E-state index in [9.17, 15) is 4.79 Å². The lowest BCUT2D eigenvalue weighted by atomic mass is 10.2. The summed E-state index contributed by atoms with van der Waals surface area (Å²) in [4.78, 5) is 25.5. The normalized spacial score (nSPS) is 17.6. The zero-order chi connectivity index (χ0) is 17.2. The second kappa shape index (κ2) is 6.23. The summed E-state index contributed by atoms with van der Waals surface area (Å²) in [5, 5.41) is 6.30. The van der Waals surface area contributed by atoms with Crippen LogP contribution in [0.4, 0.5) is 5.95 Å². The fraction of sp³-hybridized carbons (Fsp3) is 0.176. The summed E-state index contributed by atoms with van der Waals surface area (Å²) in [5.41, 5.74) is 1.33. The molecule has 0 aliphatic carbocycles. The molecule has 0 fully saturated rings. The first-order valence-corrected chi connectivity index (χ1v) is 7.81. The third kappa shape index (κ3) is 3.01. The van der Waals surface area contributed by atoms with Crippen molar-refractivity contribution in [2.75, 3.05) is 5.32 Å². The third-order valence-corrected chi connectivity index (χ3v) is 3.82. The SMILES string of the molecule is Cc1cc(=O)n2c(n1)NC(=NCc1ccco1)NC2c1cccnc1. The number of aliphatic imine (C=N–C) groups is 1. The Morgan fingerprint density at radius 3 is 3.04 bits per heavy atom. The molecule has 126 valence electrons. The standard InChI is InChI=1S/C17H16N6O2/c1-11-8-14(24)23-15(12-4-2-6-18-9-12)21-16(22-17(23)20-11)19-10-13-5-3-7-25-13/h2-9,15H,10H2,1H3,(H2,19,20,21,22). The summed E-state index contributed by atoms with van der Waals surface area (Å²) in [5.74, 6) is 1.70. The van der Waals surface area contributed by atoms with Crippen LogP contribution in [0, 0.1) is 6.92 Å². The van der Waals surface area contributed by atoms with Gasteiger partial charge in [0.2, 0.25) is 5.95 Å². The predicted octanol–water partition coefficient (Wildman–Crippen LogP) is 1.66. The molecule has 1 atom stereocenters. The van der Waals surface area contributed by atoms with Crippen molar-refractivity contribution in [1.82, 2.24) is 19.9 Å². The Balaban J connectivity index is 1.75. The maximum absolute atomic E-state index is 12.5. The van der Waals surface area contributed by atoms with E-state index in [2.05, 4.69) is 25.6 Å². The van der Waals surface area contributed by atoms with Gasteiger partial charge in [-0.1, -0.05) is 6.07 Å². The highest BCUT2D eigenvalue weighted by atomic mass is 16.3. The van der Waals surface area contributed by atoms with Crippen molar-refractivity contribution in [3.63, 3.8) is 0 Å². The van der Waals surface area contributed by atoms with Crippen molar-refractivity contribution < 1.29 is 4.42 Å². The Kier molecular flexibility index (Phi) is 3.77. The van der Waals surface area contributed by atoms with Crippen molar-refractivity contribution in [2.45, 2.75) is 19.6 Å². The van der Waals surface area contributed by atoms with E-state index >= 15 is 0 Å². The fourth-order valence-corrected chi connectivity index (χ4v) is 2.69. The molecule has 8 nitrogen and oxygen atoms in total. The lowest BCUT2D eigenvalue weighted by molar-refractivity contribution is 0.502. The van der Waals surface area contributed by atoms with Crippen molar-refractivity contribution >= 4 is 11.9 Å². The van der Waals surface area contributed by atoms with E-state index in [1.165, 1.54) is 6.07 Å². The maximum Gasteiger partial charge on any atom is 0.257 e. The summed E-state index contributed by atoms with van der Waals surface area (Å²) in [6.45, 7) is 2.16. The molecule has 1 aliphatic heterocycles. The predicted molar refractivity (Wildman–Crippen MR) is 92.2 cm³/mol. The van der Waals surface area contributed by atoms with E-state index in [0.29, 0.717) is 24.1 Å². The van der Waals surface area contributed by atoms with E-state index in [1.807, 2.05) is 24.3 Å². The van der Waals surface area contributed by atoms with Gasteiger partial charge in [0.15, 0.2) is 5.96 Å². The molecule has 25 heavy (non-hydrogen) atoms. The summed E-state index contributed by atoms with van der Waals surface area (Å²) in [6.07, 6.45) is 4.56. The number of fused-ring (bicyclic) bond motifs is 1. The van der Waals surface area contributed by atoms with E-state index in [0.717, 1.165) is 11.3 Å². The highest BCUT2D eigenvalue weighted by Gasteiger charge is 2.26. The second-order valence-electron chi connectivity index (χ2n) is 5.63. The van der Waals surface area contributed by atoms with Gasteiger partial charge in [0.1, 0.15) is 18.5 Å². The van der Waals surface area contributed by atoms with Crippen LogP contribution in [0.15, 0.2) is 63.2 Å². The number of rotatable bonds is 3. The Morgan fingerprint density at radius 2 is 2.28 bits per heavy atom. The number of hydrogen-bond acceptors (Lipinski definition) is 5. The zero-order valence-corrected chi connectivity index (χ0v) is 13.5. The van der Waals surface area contributed by atoms with Crippen LogP contribution in [-0.2, 0) is 6.54 Å². The number of nitrogens with one attached hydrogen (secondary N) is 2. The van der Waals surface area contributed by atoms with Crippen molar-refractivity contribution in [3.05, 3.63) is 76.4 Å². The summed E-state index contributed by atoms with van der Waals surface area (Å²) >= 11 is 0. The van der Waals surface area contributed by atoms with Gasteiger partial charge in [-0.3, -0.25) is 19.7 Å². The van der Waals surface area contributed by atoms with Crippen LogP contribution < -0.4 is 16.2 Å². The maximum atomic E-state index is 12.5. The summed E-state index contributed by atoms with van der Waals surface area (Å²) < 4.78 is 6.85. The molecule has 0 aromatic carbocycles. The summed E-state index contributed by atoms with van der Waals surface area (Å²) in [6, 6.07) is 8.89. The van der Waals surface area contributed by atoms with E-state index < -0.39 is 6.17 Å². The molecular formula is C17H16N6O2. The van der Waals surface area contributed by atoms with Gasteiger partial charge in [0.05, 0.1) is 6.26 Å². The zero-order valence-electron chi connectivity index (χ0n) is 13.5. The van der Waals surface area contributed by atoms with E-state index in [-0.39, 0.29) is 5.56 Å². The van der Waals surface area contributed by atoms with Crippen LogP contribution in [-0.4, -0.2) is 20.5 Å². The molecule has 2 N–H and O–H groups in total. The number of guanidine groups is 1.